The Hall–Kier alpha value is -0.880. The summed E-state index contributed by atoms with van der Waals surface area (Å²) in [6.07, 6.45) is 6.62. The topological polar surface area (TPSA) is 64.0 Å². The molecule has 2 atom stereocenters. The second kappa shape index (κ2) is 6.72. The van der Waals surface area contributed by atoms with Crippen LogP contribution in [0.2, 0.25) is 0 Å². The van der Waals surface area contributed by atoms with Gasteiger partial charge in [-0.1, -0.05) is 13.8 Å². The van der Waals surface area contributed by atoms with E-state index in [4.69, 9.17) is 0 Å². The van der Waals surface area contributed by atoms with E-state index in [-0.39, 0.29) is 17.7 Å². The molecule has 0 spiro atoms. The number of hydrogen-bond donors (Lipinski definition) is 1. The highest BCUT2D eigenvalue weighted by Crippen LogP contribution is 2.30. The van der Waals surface area contributed by atoms with E-state index in [1.807, 2.05) is 12.4 Å². The molecule has 0 aromatic carbocycles. The summed E-state index contributed by atoms with van der Waals surface area (Å²) in [6, 6.07) is 0.0498. The molecule has 0 aliphatic carbocycles. The summed E-state index contributed by atoms with van der Waals surface area (Å²) in [5, 5.41) is 3.50. The molecule has 20 heavy (non-hydrogen) atoms. The molecule has 1 aliphatic heterocycles. The third kappa shape index (κ3) is 3.61. The molecule has 1 fully saturated rings. The van der Waals surface area contributed by atoms with Gasteiger partial charge in [0.25, 0.3) is 0 Å². The molecule has 0 bridgehead atoms. The van der Waals surface area contributed by atoms with Gasteiger partial charge in [0.05, 0.1) is 17.5 Å². The summed E-state index contributed by atoms with van der Waals surface area (Å²) in [7, 11) is -2.86. The van der Waals surface area contributed by atoms with Gasteiger partial charge in [-0.25, -0.2) is 13.4 Å². The molecule has 6 heteroatoms. The van der Waals surface area contributed by atoms with Gasteiger partial charge >= 0.3 is 0 Å². The maximum Gasteiger partial charge on any atom is 0.150 e. The predicted octanol–water partition coefficient (Wildman–Crippen LogP) is 1.77. The molecule has 0 radical (unpaired) electrons. The van der Waals surface area contributed by atoms with E-state index in [0.29, 0.717) is 5.75 Å². The summed E-state index contributed by atoms with van der Waals surface area (Å²) in [4.78, 5) is 4.49. The van der Waals surface area contributed by atoms with Crippen molar-refractivity contribution in [1.29, 1.82) is 0 Å². The molecule has 2 unspecified atom stereocenters. The smallest absolute Gasteiger partial charge is 0.150 e. The molecule has 1 aromatic rings. The second-order valence-electron chi connectivity index (χ2n) is 5.57. The van der Waals surface area contributed by atoms with Crippen LogP contribution in [0.5, 0.6) is 0 Å². The lowest BCUT2D eigenvalue weighted by Crippen LogP contribution is -2.32. The fourth-order valence-electron chi connectivity index (χ4n) is 2.88. The maximum atomic E-state index is 11.7. The summed E-state index contributed by atoms with van der Waals surface area (Å²) in [5.74, 6) is 1.73. The number of aromatic nitrogens is 2. The molecule has 2 rings (SSSR count). The molecule has 2 heterocycles. The Balaban J connectivity index is 2.20. The van der Waals surface area contributed by atoms with Crippen molar-refractivity contribution in [2.45, 2.75) is 45.7 Å². The number of sulfone groups is 1. The van der Waals surface area contributed by atoms with Gasteiger partial charge in [0.2, 0.25) is 0 Å². The van der Waals surface area contributed by atoms with Crippen LogP contribution in [0.25, 0.3) is 0 Å². The summed E-state index contributed by atoms with van der Waals surface area (Å²) in [5.41, 5.74) is 0. The van der Waals surface area contributed by atoms with Gasteiger partial charge in [-0.3, -0.25) is 0 Å². The molecule has 0 saturated carbocycles. The first-order chi connectivity index (χ1) is 9.57. The lowest BCUT2D eigenvalue weighted by molar-refractivity contribution is 0.364. The van der Waals surface area contributed by atoms with Crippen molar-refractivity contribution in [3.8, 4) is 0 Å². The van der Waals surface area contributed by atoms with Crippen molar-refractivity contribution in [3.05, 3.63) is 18.2 Å². The molecular weight excluding hydrogens is 274 g/mol. The second-order valence-corrected chi connectivity index (χ2v) is 7.80. The Morgan fingerprint density at radius 1 is 1.45 bits per heavy atom. The standard InChI is InChI=1S/C14H25N3O2S/c1-3-6-15-13(12-5-10-20(18,19)11-12)14-16-7-9-17(14)8-4-2/h7,9,12-13,15H,3-6,8,10-11H2,1-2H3. The zero-order valence-electron chi connectivity index (χ0n) is 12.4. The Labute approximate surface area is 121 Å². The molecular formula is C14H25N3O2S. The fourth-order valence-corrected chi connectivity index (χ4v) is 4.72. The lowest BCUT2D eigenvalue weighted by atomic mass is 9.98. The van der Waals surface area contributed by atoms with E-state index in [1.165, 1.54) is 0 Å². The molecule has 1 saturated heterocycles. The first-order valence-electron chi connectivity index (χ1n) is 7.52. The monoisotopic (exact) mass is 299 g/mol. The fraction of sp³-hybridized carbons (Fsp3) is 0.786. The van der Waals surface area contributed by atoms with Crippen molar-refractivity contribution in [3.63, 3.8) is 0 Å². The zero-order chi connectivity index (χ0) is 14.6. The van der Waals surface area contributed by atoms with E-state index >= 15 is 0 Å². The molecule has 0 amide bonds. The highest BCUT2D eigenvalue weighted by molar-refractivity contribution is 7.91. The van der Waals surface area contributed by atoms with Crippen molar-refractivity contribution in [1.82, 2.24) is 14.9 Å². The van der Waals surface area contributed by atoms with E-state index in [0.717, 1.165) is 38.2 Å². The Morgan fingerprint density at radius 3 is 2.85 bits per heavy atom. The number of rotatable bonds is 7. The van der Waals surface area contributed by atoms with Crippen LogP contribution in [0, 0.1) is 5.92 Å². The van der Waals surface area contributed by atoms with Crippen LogP contribution in [0.4, 0.5) is 0 Å². The lowest BCUT2D eigenvalue weighted by Gasteiger charge is -2.24. The number of hydrogen-bond acceptors (Lipinski definition) is 4. The third-order valence-electron chi connectivity index (χ3n) is 3.84. The van der Waals surface area contributed by atoms with Crippen LogP contribution in [-0.4, -0.2) is 36.0 Å². The first kappa shape index (κ1) is 15.5. The van der Waals surface area contributed by atoms with Crippen LogP contribution in [-0.2, 0) is 16.4 Å². The molecule has 114 valence electrons. The molecule has 5 nitrogen and oxygen atoms in total. The van der Waals surface area contributed by atoms with Gasteiger partial charge < -0.3 is 9.88 Å². The quantitative estimate of drug-likeness (QED) is 0.833. The molecule has 1 N–H and O–H groups in total. The predicted molar refractivity (Wildman–Crippen MR) is 80.3 cm³/mol. The van der Waals surface area contributed by atoms with Gasteiger partial charge in [0, 0.05) is 18.9 Å². The van der Waals surface area contributed by atoms with Crippen LogP contribution < -0.4 is 5.32 Å². The minimum absolute atomic E-state index is 0.0498. The van der Waals surface area contributed by atoms with Gasteiger partial charge in [-0.05, 0) is 31.7 Å². The first-order valence-corrected chi connectivity index (χ1v) is 9.34. The zero-order valence-corrected chi connectivity index (χ0v) is 13.2. The summed E-state index contributed by atoms with van der Waals surface area (Å²) < 4.78 is 25.6. The van der Waals surface area contributed by atoms with Crippen molar-refractivity contribution in [2.24, 2.45) is 5.92 Å². The van der Waals surface area contributed by atoms with E-state index < -0.39 is 9.84 Å². The Morgan fingerprint density at radius 2 is 2.25 bits per heavy atom. The van der Waals surface area contributed by atoms with Gasteiger partial charge in [0.15, 0.2) is 9.84 Å². The summed E-state index contributed by atoms with van der Waals surface area (Å²) >= 11 is 0. The van der Waals surface area contributed by atoms with Crippen molar-refractivity contribution < 1.29 is 8.42 Å². The molecule has 1 aromatic heterocycles. The van der Waals surface area contributed by atoms with E-state index in [9.17, 15) is 8.42 Å². The van der Waals surface area contributed by atoms with Gasteiger partial charge in [-0.2, -0.15) is 0 Å². The van der Waals surface area contributed by atoms with Gasteiger partial charge in [-0.15, -0.1) is 0 Å². The Kier molecular flexibility index (Phi) is 5.21. The minimum atomic E-state index is -2.86. The third-order valence-corrected chi connectivity index (χ3v) is 5.64. The van der Waals surface area contributed by atoms with Crippen LogP contribution in [0.3, 0.4) is 0 Å². The van der Waals surface area contributed by atoms with Crippen LogP contribution in [0.1, 0.15) is 45.0 Å². The number of nitrogens with one attached hydrogen (secondary N) is 1. The Bertz CT molecular complexity index is 524. The maximum absolute atomic E-state index is 11.7. The average Bonchev–Trinajstić information content (AvgIpc) is 2.98. The summed E-state index contributed by atoms with van der Waals surface area (Å²) in [6.45, 7) is 6.07. The average molecular weight is 299 g/mol. The number of nitrogens with zero attached hydrogens (tertiary/aromatic N) is 2. The SMILES string of the molecule is CCCNC(c1nccn1CCC)C1CCS(=O)(=O)C1. The van der Waals surface area contributed by atoms with Crippen LogP contribution in [0.15, 0.2) is 12.4 Å². The highest BCUT2D eigenvalue weighted by atomic mass is 32.2. The number of aryl methyl sites for hydroxylation is 1. The normalized spacial score (nSPS) is 23.0. The van der Waals surface area contributed by atoms with Crippen LogP contribution >= 0.6 is 0 Å². The van der Waals surface area contributed by atoms with Crippen molar-refractivity contribution >= 4 is 9.84 Å². The highest BCUT2D eigenvalue weighted by Gasteiger charge is 2.35. The number of imidazole rings is 1. The van der Waals surface area contributed by atoms with Crippen molar-refractivity contribution in [2.75, 3.05) is 18.1 Å². The molecule has 1 aliphatic rings. The van der Waals surface area contributed by atoms with E-state index in [1.54, 1.807) is 0 Å². The largest absolute Gasteiger partial charge is 0.334 e. The van der Waals surface area contributed by atoms with E-state index in [2.05, 4.69) is 28.7 Å². The van der Waals surface area contributed by atoms with Gasteiger partial charge in [0.1, 0.15) is 5.82 Å². The minimum Gasteiger partial charge on any atom is -0.334 e.